The lowest BCUT2D eigenvalue weighted by molar-refractivity contribution is -0.0258. The van der Waals surface area contributed by atoms with Crippen LogP contribution in [-0.2, 0) is 24.9 Å². The van der Waals surface area contributed by atoms with Gasteiger partial charge < -0.3 is 4.90 Å². The lowest BCUT2D eigenvalue weighted by atomic mass is 9.99. The fourth-order valence-corrected chi connectivity index (χ4v) is 6.15. The molecule has 186 valence electrons. The number of carbonyl (C=O) groups excluding carboxylic acids is 1. The first-order chi connectivity index (χ1) is 16.0. The standard InChI is InChI=1S/C23H31N3O6S2/c1-5-18(2)19-9-11-21(12-10-19)34(30,31)26-15-13-25(14-16-26)23(27)20-7-6-8-22(17-20)33(28,29)24(3)32-4/h6-12,17-18H,5,13-16H2,1-4H3. The van der Waals surface area contributed by atoms with Gasteiger partial charge in [-0.1, -0.05) is 36.5 Å². The highest BCUT2D eigenvalue weighted by Crippen LogP contribution is 2.24. The molecule has 1 aliphatic heterocycles. The lowest BCUT2D eigenvalue weighted by Gasteiger charge is -2.34. The third-order valence-corrected chi connectivity index (χ3v) is 9.79. The quantitative estimate of drug-likeness (QED) is 0.507. The fraction of sp³-hybridized carbons (Fsp3) is 0.435. The first-order valence-corrected chi connectivity index (χ1v) is 13.9. The predicted octanol–water partition coefficient (Wildman–Crippen LogP) is 2.53. The Hall–Kier alpha value is -2.31. The van der Waals surface area contributed by atoms with Gasteiger partial charge in [-0.25, -0.2) is 16.8 Å². The molecule has 1 fully saturated rings. The van der Waals surface area contributed by atoms with Crippen molar-refractivity contribution in [2.45, 2.75) is 36.0 Å². The van der Waals surface area contributed by atoms with Gasteiger partial charge in [0.15, 0.2) is 0 Å². The second-order valence-electron chi connectivity index (χ2n) is 8.20. The number of hydroxylamine groups is 1. The summed E-state index contributed by atoms with van der Waals surface area (Å²) in [6.07, 6.45) is 0.972. The Kier molecular flexibility index (Phi) is 8.14. The summed E-state index contributed by atoms with van der Waals surface area (Å²) in [5, 5.41) is 0. The number of hydrogen-bond acceptors (Lipinski definition) is 6. The second-order valence-corrected chi connectivity index (χ2v) is 12.1. The van der Waals surface area contributed by atoms with Crippen molar-refractivity contribution >= 4 is 26.0 Å². The van der Waals surface area contributed by atoms with Crippen LogP contribution < -0.4 is 0 Å². The van der Waals surface area contributed by atoms with Gasteiger partial charge in [-0.15, -0.1) is 0 Å². The van der Waals surface area contributed by atoms with Gasteiger partial charge in [0.1, 0.15) is 0 Å². The highest BCUT2D eigenvalue weighted by Gasteiger charge is 2.31. The molecule has 1 saturated heterocycles. The van der Waals surface area contributed by atoms with Crippen LogP contribution in [-0.4, -0.2) is 76.8 Å². The molecule has 0 aromatic heterocycles. The Labute approximate surface area is 202 Å². The number of rotatable bonds is 8. The zero-order valence-electron chi connectivity index (χ0n) is 19.8. The minimum Gasteiger partial charge on any atom is -0.336 e. The Balaban J connectivity index is 1.70. The van der Waals surface area contributed by atoms with Crippen LogP contribution in [0.25, 0.3) is 0 Å². The van der Waals surface area contributed by atoms with E-state index in [1.54, 1.807) is 12.1 Å². The number of carbonyl (C=O) groups is 1. The van der Waals surface area contributed by atoms with E-state index in [1.165, 1.54) is 47.6 Å². The molecule has 11 heteroatoms. The normalized spacial score (nSPS) is 16.6. The number of benzene rings is 2. The van der Waals surface area contributed by atoms with Crippen LogP contribution in [0.15, 0.2) is 58.3 Å². The molecule has 1 heterocycles. The van der Waals surface area contributed by atoms with Crippen molar-refractivity contribution in [2.75, 3.05) is 40.3 Å². The summed E-state index contributed by atoms with van der Waals surface area (Å²) in [7, 11) is -5.06. The number of hydrogen-bond donors (Lipinski definition) is 0. The Morgan fingerprint density at radius 1 is 1.00 bits per heavy atom. The number of nitrogens with zero attached hydrogens (tertiary/aromatic N) is 3. The second kappa shape index (κ2) is 10.5. The summed E-state index contributed by atoms with van der Waals surface area (Å²) in [6, 6.07) is 12.7. The Morgan fingerprint density at radius 3 is 2.18 bits per heavy atom. The molecule has 2 aromatic rings. The number of amides is 1. The smallest absolute Gasteiger partial charge is 0.264 e. The molecule has 2 aromatic carbocycles. The highest BCUT2D eigenvalue weighted by molar-refractivity contribution is 7.89. The molecule has 1 amide bonds. The van der Waals surface area contributed by atoms with Gasteiger partial charge in [0, 0.05) is 38.8 Å². The van der Waals surface area contributed by atoms with Gasteiger partial charge in [-0.2, -0.15) is 4.31 Å². The molecule has 1 atom stereocenters. The summed E-state index contributed by atoms with van der Waals surface area (Å²) in [5.41, 5.74) is 1.31. The van der Waals surface area contributed by atoms with Crippen molar-refractivity contribution in [3.63, 3.8) is 0 Å². The van der Waals surface area contributed by atoms with Crippen molar-refractivity contribution in [2.24, 2.45) is 0 Å². The minimum absolute atomic E-state index is 0.0650. The first kappa shape index (κ1) is 26.3. The fourth-order valence-electron chi connectivity index (χ4n) is 3.70. The van der Waals surface area contributed by atoms with E-state index in [4.69, 9.17) is 4.84 Å². The maximum absolute atomic E-state index is 13.1. The largest absolute Gasteiger partial charge is 0.336 e. The van der Waals surface area contributed by atoms with Crippen molar-refractivity contribution in [3.8, 4) is 0 Å². The molecule has 1 unspecified atom stereocenters. The summed E-state index contributed by atoms with van der Waals surface area (Å²) in [4.78, 5) is 19.5. The van der Waals surface area contributed by atoms with Crippen LogP contribution in [0, 0.1) is 0 Å². The van der Waals surface area contributed by atoms with Crippen LogP contribution >= 0.6 is 0 Å². The molecule has 0 bridgehead atoms. The SMILES string of the molecule is CCC(C)c1ccc(S(=O)(=O)N2CCN(C(=O)c3cccc(S(=O)(=O)N(C)OC)c3)CC2)cc1. The van der Waals surface area contributed by atoms with E-state index in [0.717, 1.165) is 16.5 Å². The summed E-state index contributed by atoms with van der Waals surface area (Å²) < 4.78 is 53.2. The monoisotopic (exact) mass is 509 g/mol. The van der Waals surface area contributed by atoms with Crippen LogP contribution in [0.2, 0.25) is 0 Å². The average Bonchev–Trinajstić information content (AvgIpc) is 2.87. The highest BCUT2D eigenvalue weighted by atomic mass is 32.2. The summed E-state index contributed by atoms with van der Waals surface area (Å²) in [6.45, 7) is 4.91. The maximum Gasteiger partial charge on any atom is 0.264 e. The number of sulfonamides is 2. The van der Waals surface area contributed by atoms with Gasteiger partial charge >= 0.3 is 0 Å². The molecular formula is C23H31N3O6S2. The van der Waals surface area contributed by atoms with Crippen molar-refractivity contribution in [1.29, 1.82) is 0 Å². The Bertz CT molecular complexity index is 1220. The van der Waals surface area contributed by atoms with Crippen LogP contribution in [0.5, 0.6) is 0 Å². The molecule has 9 nitrogen and oxygen atoms in total. The van der Waals surface area contributed by atoms with Crippen LogP contribution in [0.4, 0.5) is 0 Å². The van der Waals surface area contributed by atoms with Crippen LogP contribution in [0.3, 0.4) is 0 Å². The van der Waals surface area contributed by atoms with Gasteiger partial charge in [0.25, 0.3) is 15.9 Å². The molecule has 0 aliphatic carbocycles. The van der Waals surface area contributed by atoms with E-state index in [0.29, 0.717) is 5.92 Å². The summed E-state index contributed by atoms with van der Waals surface area (Å²) in [5.74, 6) is 0.00164. The van der Waals surface area contributed by atoms with Crippen molar-refractivity contribution < 1.29 is 26.5 Å². The van der Waals surface area contributed by atoms with Gasteiger partial charge in [0.05, 0.1) is 16.9 Å². The zero-order valence-corrected chi connectivity index (χ0v) is 21.5. The molecule has 0 radical (unpaired) electrons. The van der Waals surface area contributed by atoms with E-state index >= 15 is 0 Å². The van der Waals surface area contributed by atoms with E-state index < -0.39 is 20.0 Å². The molecule has 0 N–H and O–H groups in total. The number of piperazine rings is 1. The third-order valence-electron chi connectivity index (χ3n) is 6.20. The summed E-state index contributed by atoms with van der Waals surface area (Å²) >= 11 is 0. The molecule has 34 heavy (non-hydrogen) atoms. The lowest BCUT2D eigenvalue weighted by Crippen LogP contribution is -2.50. The van der Waals surface area contributed by atoms with E-state index in [9.17, 15) is 21.6 Å². The topological polar surface area (TPSA) is 104 Å². The van der Waals surface area contributed by atoms with E-state index in [-0.39, 0.29) is 47.4 Å². The molecule has 0 spiro atoms. The predicted molar refractivity (Wildman–Crippen MR) is 128 cm³/mol. The first-order valence-electron chi connectivity index (χ1n) is 11.0. The van der Waals surface area contributed by atoms with E-state index in [2.05, 4.69) is 13.8 Å². The minimum atomic E-state index is -3.89. The molecule has 3 rings (SSSR count). The zero-order chi connectivity index (χ0) is 25.1. The van der Waals surface area contributed by atoms with Crippen molar-refractivity contribution in [3.05, 3.63) is 59.7 Å². The van der Waals surface area contributed by atoms with Crippen molar-refractivity contribution in [1.82, 2.24) is 13.7 Å². The van der Waals surface area contributed by atoms with E-state index in [1.807, 2.05) is 12.1 Å². The van der Waals surface area contributed by atoms with Gasteiger partial charge in [-0.05, 0) is 48.2 Å². The van der Waals surface area contributed by atoms with Crippen LogP contribution in [0.1, 0.15) is 42.1 Å². The van der Waals surface area contributed by atoms with Gasteiger partial charge in [-0.3, -0.25) is 9.63 Å². The molecule has 0 saturated carbocycles. The maximum atomic E-state index is 13.1. The van der Waals surface area contributed by atoms with Gasteiger partial charge in [0.2, 0.25) is 10.0 Å². The average molecular weight is 510 g/mol. The molecular weight excluding hydrogens is 478 g/mol. The molecule has 1 aliphatic rings. The Morgan fingerprint density at radius 2 is 1.62 bits per heavy atom. The third kappa shape index (κ3) is 5.33.